The van der Waals surface area contributed by atoms with E-state index in [1.165, 1.54) is 128 Å². The van der Waals surface area contributed by atoms with Gasteiger partial charge in [0.2, 0.25) is 5.91 Å². The molecule has 1 amide bonds. The van der Waals surface area contributed by atoms with E-state index >= 15 is 0 Å². The predicted octanol–water partition coefficient (Wildman–Crippen LogP) is 10.0. The average Bonchev–Trinajstić information content (AvgIpc) is 3.02. The zero-order valence-corrected chi connectivity index (χ0v) is 33.4. The van der Waals surface area contributed by atoms with Gasteiger partial charge in [0.1, 0.15) is 13.2 Å². The Labute approximate surface area is 298 Å². The summed E-state index contributed by atoms with van der Waals surface area (Å²) in [6, 6.07) is -0.791. The van der Waals surface area contributed by atoms with Crippen LogP contribution < -0.4 is 10.2 Å². The molecule has 8 nitrogen and oxygen atoms in total. The first kappa shape index (κ1) is 47.5. The standard InChI is InChI=1S/C39H81N2O6P/c1-6-8-10-12-14-16-18-20-22-24-26-28-30-32-38(42)37(36-47-48(44,45)46-35-34-41(3,4)5)40-39(43)33-31-29-27-25-23-21-19-17-15-13-11-9-7-2/h37-38,42H,6-36H2,1-5H3,(H-,40,43,44,45). The van der Waals surface area contributed by atoms with Crippen LogP contribution in [0.4, 0.5) is 0 Å². The molecule has 0 rings (SSSR count). The normalized spacial score (nSPS) is 14.6. The van der Waals surface area contributed by atoms with Crippen molar-refractivity contribution in [1.82, 2.24) is 5.32 Å². The number of hydrogen-bond acceptors (Lipinski definition) is 6. The van der Waals surface area contributed by atoms with E-state index in [1.807, 2.05) is 21.1 Å². The molecule has 0 fully saturated rings. The Kier molecular flexibility index (Phi) is 32.1. The van der Waals surface area contributed by atoms with Crippen molar-refractivity contribution in [3.8, 4) is 0 Å². The highest BCUT2D eigenvalue weighted by Gasteiger charge is 2.24. The first-order chi connectivity index (χ1) is 23.0. The zero-order valence-electron chi connectivity index (χ0n) is 32.5. The maximum atomic E-state index is 12.8. The number of likely N-dealkylation sites (N-methyl/N-ethyl adjacent to an activating group) is 1. The lowest BCUT2D eigenvalue weighted by molar-refractivity contribution is -0.870. The van der Waals surface area contributed by atoms with Gasteiger partial charge in [0.15, 0.2) is 0 Å². The van der Waals surface area contributed by atoms with Crippen molar-refractivity contribution in [1.29, 1.82) is 0 Å². The molecule has 3 unspecified atom stereocenters. The van der Waals surface area contributed by atoms with E-state index in [2.05, 4.69) is 19.2 Å². The molecule has 0 aliphatic heterocycles. The van der Waals surface area contributed by atoms with Gasteiger partial charge in [-0.1, -0.05) is 174 Å². The number of unbranched alkanes of at least 4 members (excludes halogenated alkanes) is 24. The second-order valence-corrected chi connectivity index (χ2v) is 16.8. The number of nitrogens with one attached hydrogen (secondary N) is 1. The molecule has 0 heterocycles. The molecule has 3 atom stereocenters. The van der Waals surface area contributed by atoms with Gasteiger partial charge in [-0.15, -0.1) is 0 Å². The fourth-order valence-electron chi connectivity index (χ4n) is 6.04. The van der Waals surface area contributed by atoms with Gasteiger partial charge in [0, 0.05) is 6.42 Å². The lowest BCUT2D eigenvalue weighted by Gasteiger charge is -2.30. The van der Waals surface area contributed by atoms with Gasteiger partial charge >= 0.3 is 0 Å². The number of aliphatic hydroxyl groups excluding tert-OH is 1. The van der Waals surface area contributed by atoms with E-state index in [0.29, 0.717) is 23.9 Å². The Morgan fingerprint density at radius 2 is 1.02 bits per heavy atom. The molecule has 48 heavy (non-hydrogen) atoms. The molecular weight excluding hydrogens is 623 g/mol. The number of carbonyl (C=O) groups excluding carboxylic acids is 1. The maximum absolute atomic E-state index is 12.8. The summed E-state index contributed by atoms with van der Waals surface area (Å²) < 4.78 is 23.2. The number of carbonyl (C=O) groups is 1. The third-order valence-electron chi connectivity index (χ3n) is 9.35. The number of amides is 1. The highest BCUT2D eigenvalue weighted by Crippen LogP contribution is 2.38. The van der Waals surface area contributed by atoms with Crippen LogP contribution in [0.3, 0.4) is 0 Å². The first-order valence-electron chi connectivity index (χ1n) is 20.4. The van der Waals surface area contributed by atoms with Crippen molar-refractivity contribution in [2.24, 2.45) is 0 Å². The Bertz CT molecular complexity index is 763. The highest BCUT2D eigenvalue weighted by atomic mass is 31.2. The number of phosphoric acid groups is 1. The third-order valence-corrected chi connectivity index (χ3v) is 10.3. The van der Waals surface area contributed by atoms with Crippen LogP contribution in [0.25, 0.3) is 0 Å². The minimum atomic E-state index is -4.55. The second kappa shape index (κ2) is 32.4. The first-order valence-corrected chi connectivity index (χ1v) is 21.8. The Hall–Kier alpha value is -0.500. The number of hydrogen-bond donors (Lipinski definition) is 2. The smallest absolute Gasteiger partial charge is 0.268 e. The van der Waals surface area contributed by atoms with E-state index in [4.69, 9.17) is 9.05 Å². The van der Waals surface area contributed by atoms with Gasteiger partial charge in [-0.2, -0.15) is 0 Å². The summed E-state index contributed by atoms with van der Waals surface area (Å²) in [6.07, 6.45) is 32.3. The molecule has 0 radical (unpaired) electrons. The second-order valence-electron chi connectivity index (χ2n) is 15.4. The van der Waals surface area contributed by atoms with Gasteiger partial charge in [0.25, 0.3) is 7.82 Å². The maximum Gasteiger partial charge on any atom is 0.268 e. The van der Waals surface area contributed by atoms with Crippen molar-refractivity contribution in [2.45, 2.75) is 206 Å². The van der Waals surface area contributed by atoms with Crippen LogP contribution in [-0.2, 0) is 18.4 Å². The molecule has 0 aliphatic carbocycles. The van der Waals surface area contributed by atoms with Crippen LogP contribution >= 0.6 is 7.82 Å². The minimum absolute atomic E-state index is 0.0157. The van der Waals surface area contributed by atoms with Crippen molar-refractivity contribution in [3.63, 3.8) is 0 Å². The molecule has 0 aliphatic rings. The molecule has 0 aromatic rings. The van der Waals surface area contributed by atoms with Gasteiger partial charge in [-0.25, -0.2) is 0 Å². The number of phosphoric ester groups is 1. The third kappa shape index (κ3) is 34.0. The number of aliphatic hydroxyl groups is 1. The Morgan fingerprint density at radius 3 is 1.42 bits per heavy atom. The molecule has 288 valence electrons. The predicted molar refractivity (Wildman–Crippen MR) is 201 cm³/mol. The molecule has 9 heteroatoms. The molecule has 2 N–H and O–H groups in total. The lowest BCUT2D eigenvalue weighted by Crippen LogP contribution is -2.46. The van der Waals surface area contributed by atoms with Crippen molar-refractivity contribution in [2.75, 3.05) is 40.9 Å². The average molecular weight is 705 g/mol. The van der Waals surface area contributed by atoms with E-state index in [9.17, 15) is 19.4 Å². The van der Waals surface area contributed by atoms with Gasteiger partial charge in [0.05, 0.1) is 39.9 Å². The highest BCUT2D eigenvalue weighted by molar-refractivity contribution is 7.45. The van der Waals surface area contributed by atoms with Crippen LogP contribution in [0.5, 0.6) is 0 Å². The number of quaternary nitrogens is 1. The van der Waals surface area contributed by atoms with Crippen molar-refractivity contribution < 1.29 is 32.9 Å². The Balaban J connectivity index is 4.41. The van der Waals surface area contributed by atoms with Crippen LogP contribution in [0.1, 0.15) is 194 Å². The van der Waals surface area contributed by atoms with E-state index in [-0.39, 0.29) is 19.1 Å². The lowest BCUT2D eigenvalue weighted by atomic mass is 10.0. The molecular formula is C39H81N2O6P. The summed E-state index contributed by atoms with van der Waals surface area (Å²) in [6.45, 7) is 4.71. The van der Waals surface area contributed by atoms with Crippen molar-refractivity contribution in [3.05, 3.63) is 0 Å². The van der Waals surface area contributed by atoms with Crippen LogP contribution in [0.2, 0.25) is 0 Å². The van der Waals surface area contributed by atoms with Crippen LogP contribution in [0.15, 0.2) is 0 Å². The monoisotopic (exact) mass is 705 g/mol. The summed E-state index contributed by atoms with van der Waals surface area (Å²) >= 11 is 0. The summed E-state index contributed by atoms with van der Waals surface area (Å²) in [7, 11) is 1.31. The fourth-order valence-corrected chi connectivity index (χ4v) is 6.76. The van der Waals surface area contributed by atoms with Gasteiger partial charge in [-0.05, 0) is 12.8 Å². The molecule has 0 aromatic carbocycles. The molecule has 0 bridgehead atoms. The van der Waals surface area contributed by atoms with Gasteiger partial charge < -0.3 is 28.8 Å². The Morgan fingerprint density at radius 1 is 0.646 bits per heavy atom. The molecule has 0 aromatic heterocycles. The van der Waals surface area contributed by atoms with Gasteiger partial charge in [-0.3, -0.25) is 9.36 Å². The van der Waals surface area contributed by atoms with Crippen LogP contribution in [-0.4, -0.2) is 68.5 Å². The summed E-state index contributed by atoms with van der Waals surface area (Å²) in [5.74, 6) is -0.164. The quantitative estimate of drug-likeness (QED) is 0.0379. The minimum Gasteiger partial charge on any atom is -0.756 e. The largest absolute Gasteiger partial charge is 0.756 e. The number of nitrogens with zero attached hydrogens (tertiary/aromatic N) is 1. The fraction of sp³-hybridized carbons (Fsp3) is 0.974. The van der Waals surface area contributed by atoms with Crippen LogP contribution in [0, 0.1) is 0 Å². The zero-order chi connectivity index (χ0) is 35.8. The van der Waals surface area contributed by atoms with E-state index in [0.717, 1.165) is 38.5 Å². The summed E-state index contributed by atoms with van der Waals surface area (Å²) in [5, 5.41) is 13.8. The molecule has 0 saturated carbocycles. The van der Waals surface area contributed by atoms with Crippen molar-refractivity contribution >= 4 is 13.7 Å². The van der Waals surface area contributed by atoms with E-state index in [1.54, 1.807) is 0 Å². The topological polar surface area (TPSA) is 108 Å². The summed E-state index contributed by atoms with van der Waals surface area (Å²) in [4.78, 5) is 25.2. The molecule has 0 saturated heterocycles. The summed E-state index contributed by atoms with van der Waals surface area (Å²) in [5.41, 5.74) is 0. The van der Waals surface area contributed by atoms with E-state index < -0.39 is 20.0 Å². The SMILES string of the molecule is CCCCCCCCCCCCCCCC(=O)NC(COP(=O)([O-])OCC[N+](C)(C)C)C(O)CCCCCCCCCCCCCCC. The number of rotatable bonds is 37. The molecule has 0 spiro atoms.